The van der Waals surface area contributed by atoms with Gasteiger partial charge in [0.05, 0.1) is 11.3 Å². The highest BCUT2D eigenvalue weighted by Gasteiger charge is 2.07. The fourth-order valence-electron chi connectivity index (χ4n) is 1.64. The Bertz CT molecular complexity index is 629. The molecule has 0 atom stereocenters. The first-order valence-corrected chi connectivity index (χ1v) is 5.11. The Kier molecular flexibility index (Phi) is 2.78. The number of aromatic carboxylic acids is 1. The van der Waals surface area contributed by atoms with Gasteiger partial charge in [0.15, 0.2) is 0 Å². The van der Waals surface area contributed by atoms with Gasteiger partial charge in [-0.15, -0.1) is 0 Å². The predicted octanol–water partition coefficient (Wildman–Crippen LogP) is 1.84. The summed E-state index contributed by atoms with van der Waals surface area (Å²) in [6.07, 6.45) is 1.48. The minimum atomic E-state index is -1.10. The van der Waals surface area contributed by atoms with Gasteiger partial charge in [-0.25, -0.2) is 4.79 Å². The molecular formula is C13H11NO3. The van der Waals surface area contributed by atoms with Crippen molar-refractivity contribution in [3.05, 3.63) is 64.1 Å². The second-order valence-corrected chi connectivity index (χ2v) is 3.72. The van der Waals surface area contributed by atoms with Crippen LogP contribution in [0, 0.1) is 6.92 Å². The van der Waals surface area contributed by atoms with Gasteiger partial charge in [-0.2, -0.15) is 0 Å². The molecule has 1 heterocycles. The zero-order valence-corrected chi connectivity index (χ0v) is 9.25. The van der Waals surface area contributed by atoms with Crippen LogP contribution < -0.4 is 5.56 Å². The lowest BCUT2D eigenvalue weighted by molar-refractivity contribution is 0.0696. The summed E-state index contributed by atoms with van der Waals surface area (Å²) >= 11 is 0. The summed E-state index contributed by atoms with van der Waals surface area (Å²) in [4.78, 5) is 22.5. The second kappa shape index (κ2) is 4.25. The summed E-state index contributed by atoms with van der Waals surface area (Å²) < 4.78 is 1.43. The smallest absolute Gasteiger partial charge is 0.335 e. The molecule has 0 bridgehead atoms. The van der Waals surface area contributed by atoms with E-state index in [0.29, 0.717) is 0 Å². The summed E-state index contributed by atoms with van der Waals surface area (Å²) in [6, 6.07) is 9.96. The van der Waals surface area contributed by atoms with Crippen molar-refractivity contribution in [2.45, 2.75) is 6.92 Å². The normalized spacial score (nSPS) is 10.2. The van der Waals surface area contributed by atoms with Crippen LogP contribution in [0.2, 0.25) is 0 Å². The first kappa shape index (κ1) is 11.1. The number of rotatable bonds is 2. The van der Waals surface area contributed by atoms with Gasteiger partial charge in [0.25, 0.3) is 5.56 Å². The molecule has 0 radical (unpaired) electrons. The van der Waals surface area contributed by atoms with Crippen molar-refractivity contribution in [2.75, 3.05) is 0 Å². The number of benzene rings is 1. The Hall–Kier alpha value is -2.36. The van der Waals surface area contributed by atoms with Crippen LogP contribution in [0.15, 0.2) is 47.4 Å². The van der Waals surface area contributed by atoms with Crippen LogP contribution in [0.4, 0.5) is 0 Å². The third-order valence-corrected chi connectivity index (χ3v) is 2.54. The van der Waals surface area contributed by atoms with Gasteiger partial charge >= 0.3 is 5.97 Å². The lowest BCUT2D eigenvalue weighted by Crippen LogP contribution is -2.19. The molecule has 0 saturated heterocycles. The minimum Gasteiger partial charge on any atom is -0.478 e. The Morgan fingerprint density at radius 2 is 1.94 bits per heavy atom. The molecule has 4 heteroatoms. The van der Waals surface area contributed by atoms with E-state index in [1.54, 1.807) is 0 Å². The van der Waals surface area contributed by atoms with Crippen molar-refractivity contribution in [2.24, 2.45) is 0 Å². The number of hydrogen-bond acceptors (Lipinski definition) is 2. The van der Waals surface area contributed by atoms with Crippen LogP contribution >= 0.6 is 0 Å². The molecule has 0 unspecified atom stereocenters. The van der Waals surface area contributed by atoms with Gasteiger partial charge in [-0.1, -0.05) is 18.2 Å². The molecule has 0 amide bonds. The molecule has 0 fully saturated rings. The van der Waals surface area contributed by atoms with Gasteiger partial charge in [0.1, 0.15) is 0 Å². The number of carbonyl (C=O) groups is 1. The average molecular weight is 229 g/mol. The van der Waals surface area contributed by atoms with Crippen LogP contribution in [0.3, 0.4) is 0 Å². The van der Waals surface area contributed by atoms with Crippen LogP contribution in [0.5, 0.6) is 0 Å². The molecule has 1 aromatic heterocycles. The molecule has 0 saturated carbocycles. The van der Waals surface area contributed by atoms with E-state index < -0.39 is 5.97 Å². The summed E-state index contributed by atoms with van der Waals surface area (Å²) in [5.41, 5.74) is 1.37. The van der Waals surface area contributed by atoms with Crippen molar-refractivity contribution in [3.63, 3.8) is 0 Å². The number of aromatic nitrogens is 1. The highest BCUT2D eigenvalue weighted by atomic mass is 16.4. The molecule has 2 aromatic rings. The monoisotopic (exact) mass is 229 g/mol. The first-order chi connectivity index (χ1) is 8.09. The summed E-state index contributed by atoms with van der Waals surface area (Å²) in [6.45, 7) is 1.90. The molecule has 0 aliphatic carbocycles. The van der Waals surface area contributed by atoms with E-state index in [4.69, 9.17) is 5.11 Å². The van der Waals surface area contributed by atoms with Crippen LogP contribution in [0.1, 0.15) is 15.9 Å². The lowest BCUT2D eigenvalue weighted by Gasteiger charge is -2.08. The molecule has 0 spiro atoms. The van der Waals surface area contributed by atoms with E-state index in [-0.39, 0.29) is 11.1 Å². The number of hydrogen-bond donors (Lipinski definition) is 1. The van der Waals surface area contributed by atoms with E-state index in [1.165, 1.54) is 16.8 Å². The Morgan fingerprint density at radius 1 is 1.24 bits per heavy atom. The first-order valence-electron chi connectivity index (χ1n) is 5.11. The fraction of sp³-hybridized carbons (Fsp3) is 0.0769. The Balaban J connectivity index is 2.59. The molecule has 4 nitrogen and oxygen atoms in total. The number of carboxylic acid groups (broad SMARTS) is 1. The fourth-order valence-corrected chi connectivity index (χ4v) is 1.64. The third kappa shape index (κ3) is 2.10. The summed E-state index contributed by atoms with van der Waals surface area (Å²) in [5.74, 6) is -1.10. The van der Waals surface area contributed by atoms with E-state index in [9.17, 15) is 9.59 Å². The quantitative estimate of drug-likeness (QED) is 0.854. The van der Waals surface area contributed by atoms with Gasteiger partial charge in [0.2, 0.25) is 0 Å². The topological polar surface area (TPSA) is 59.3 Å². The number of pyridine rings is 1. The molecule has 1 N–H and O–H groups in total. The average Bonchev–Trinajstić information content (AvgIpc) is 2.30. The zero-order chi connectivity index (χ0) is 12.4. The standard InChI is InChI=1S/C13H11NO3/c1-9-4-2-3-5-11(9)14-7-6-10(13(16)17)8-12(14)15/h2-8H,1H3,(H,16,17). The minimum absolute atomic E-state index is 0.000154. The Morgan fingerprint density at radius 3 is 2.53 bits per heavy atom. The van der Waals surface area contributed by atoms with Crippen molar-refractivity contribution in [1.82, 2.24) is 4.57 Å². The molecule has 2 rings (SSSR count). The van der Waals surface area contributed by atoms with Gasteiger partial charge in [-0.3, -0.25) is 9.36 Å². The third-order valence-electron chi connectivity index (χ3n) is 2.54. The highest BCUT2D eigenvalue weighted by molar-refractivity contribution is 5.87. The maximum Gasteiger partial charge on any atom is 0.335 e. The SMILES string of the molecule is Cc1ccccc1-n1ccc(C(=O)O)cc1=O. The molecule has 0 aliphatic heterocycles. The van der Waals surface area contributed by atoms with E-state index in [0.717, 1.165) is 17.3 Å². The maximum absolute atomic E-state index is 11.8. The second-order valence-electron chi connectivity index (χ2n) is 3.72. The number of para-hydroxylation sites is 1. The van der Waals surface area contributed by atoms with E-state index in [1.807, 2.05) is 31.2 Å². The summed E-state index contributed by atoms with van der Waals surface area (Å²) in [7, 11) is 0. The van der Waals surface area contributed by atoms with Crippen molar-refractivity contribution >= 4 is 5.97 Å². The van der Waals surface area contributed by atoms with Gasteiger partial charge in [-0.05, 0) is 24.6 Å². The van der Waals surface area contributed by atoms with Crippen molar-refractivity contribution in [3.8, 4) is 5.69 Å². The van der Waals surface area contributed by atoms with E-state index in [2.05, 4.69) is 0 Å². The zero-order valence-electron chi connectivity index (χ0n) is 9.25. The van der Waals surface area contributed by atoms with Crippen LogP contribution in [-0.2, 0) is 0 Å². The van der Waals surface area contributed by atoms with Crippen molar-refractivity contribution in [1.29, 1.82) is 0 Å². The van der Waals surface area contributed by atoms with Crippen LogP contribution in [0.25, 0.3) is 5.69 Å². The molecule has 17 heavy (non-hydrogen) atoms. The predicted molar refractivity (Wildman–Crippen MR) is 63.7 cm³/mol. The van der Waals surface area contributed by atoms with Gasteiger partial charge < -0.3 is 5.11 Å². The highest BCUT2D eigenvalue weighted by Crippen LogP contribution is 2.11. The molecule has 0 aliphatic rings. The molecule has 86 valence electrons. The maximum atomic E-state index is 11.8. The number of carboxylic acids is 1. The van der Waals surface area contributed by atoms with Gasteiger partial charge in [0, 0.05) is 12.3 Å². The number of nitrogens with zero attached hydrogens (tertiary/aromatic N) is 1. The van der Waals surface area contributed by atoms with E-state index >= 15 is 0 Å². The lowest BCUT2D eigenvalue weighted by atomic mass is 10.2. The van der Waals surface area contributed by atoms with Crippen molar-refractivity contribution < 1.29 is 9.90 Å². The van der Waals surface area contributed by atoms with Crippen LogP contribution in [-0.4, -0.2) is 15.6 Å². The summed E-state index contributed by atoms with van der Waals surface area (Å²) in [5, 5.41) is 8.78. The number of aryl methyl sites for hydroxylation is 1. The largest absolute Gasteiger partial charge is 0.478 e. The molecular weight excluding hydrogens is 218 g/mol. The molecule has 1 aromatic carbocycles. The Labute approximate surface area is 97.8 Å².